The Labute approximate surface area is 128 Å². The first kappa shape index (κ1) is 12.9. The van der Waals surface area contributed by atoms with E-state index in [2.05, 4.69) is 34.6 Å². The van der Waals surface area contributed by atoms with Gasteiger partial charge < -0.3 is 10.4 Å². The molecule has 1 aliphatic carbocycles. The Balaban J connectivity index is 1.89. The first-order chi connectivity index (χ1) is 10.7. The Hall–Kier alpha value is -2.81. The maximum absolute atomic E-state index is 9.72. The summed E-state index contributed by atoms with van der Waals surface area (Å²) in [5.74, 6) is 0.262. The highest BCUT2D eigenvalue weighted by molar-refractivity contribution is 5.98. The fourth-order valence-electron chi connectivity index (χ4n) is 3.01. The number of pyridine rings is 1. The van der Waals surface area contributed by atoms with Crippen LogP contribution in [0.15, 0.2) is 48.7 Å². The zero-order chi connectivity index (χ0) is 15.1. The second kappa shape index (κ2) is 4.88. The molecule has 4 rings (SSSR count). The topological polar surface area (TPSA) is 45.1 Å². The van der Waals surface area contributed by atoms with Gasteiger partial charge in [-0.1, -0.05) is 24.3 Å². The normalized spacial score (nSPS) is 12.6. The summed E-state index contributed by atoms with van der Waals surface area (Å²) in [6.07, 6.45) is 7.09. The molecular weight excluding hydrogens is 272 g/mol. The van der Waals surface area contributed by atoms with E-state index in [1.165, 1.54) is 11.1 Å². The minimum absolute atomic E-state index is 0.262. The van der Waals surface area contributed by atoms with Crippen molar-refractivity contribution in [2.45, 2.75) is 13.3 Å². The van der Waals surface area contributed by atoms with Gasteiger partial charge in [-0.3, -0.25) is 4.98 Å². The number of benzene rings is 2. The molecule has 1 aromatic heterocycles. The Morgan fingerprint density at radius 1 is 1.09 bits per heavy atom. The van der Waals surface area contributed by atoms with Crippen LogP contribution in [0.25, 0.3) is 17.0 Å². The van der Waals surface area contributed by atoms with Crippen LogP contribution in [-0.4, -0.2) is 10.1 Å². The molecule has 0 unspecified atom stereocenters. The molecule has 0 saturated heterocycles. The van der Waals surface area contributed by atoms with Crippen molar-refractivity contribution < 1.29 is 5.11 Å². The number of hydrogen-bond acceptors (Lipinski definition) is 3. The number of phenols is 1. The van der Waals surface area contributed by atoms with E-state index in [1.54, 1.807) is 12.1 Å². The lowest BCUT2D eigenvalue weighted by molar-refractivity contribution is 0.475. The van der Waals surface area contributed by atoms with Crippen LogP contribution in [0.1, 0.15) is 16.7 Å². The number of phenolic OH excluding ortho intramolecular Hbond substituents is 1. The summed E-state index contributed by atoms with van der Waals surface area (Å²) in [6.45, 7) is 2.02. The van der Waals surface area contributed by atoms with Crippen molar-refractivity contribution in [1.82, 2.24) is 4.98 Å². The Morgan fingerprint density at radius 3 is 2.91 bits per heavy atom. The molecule has 2 N–H and O–H groups in total. The number of hydrogen-bond donors (Lipinski definition) is 2. The van der Waals surface area contributed by atoms with Gasteiger partial charge in [0.1, 0.15) is 5.75 Å². The lowest BCUT2D eigenvalue weighted by Crippen LogP contribution is -1.97. The lowest BCUT2D eigenvalue weighted by atomic mass is 10.0. The summed E-state index contributed by atoms with van der Waals surface area (Å²) in [5, 5.41) is 14.3. The molecule has 0 bridgehead atoms. The van der Waals surface area contributed by atoms with Crippen LogP contribution in [0.4, 0.5) is 11.4 Å². The zero-order valence-corrected chi connectivity index (χ0v) is 12.3. The lowest BCUT2D eigenvalue weighted by Gasteiger charge is -2.14. The van der Waals surface area contributed by atoms with E-state index in [1.807, 2.05) is 25.3 Å². The average Bonchev–Trinajstić information content (AvgIpc) is 2.99. The quantitative estimate of drug-likeness (QED) is 0.726. The molecule has 0 atom stereocenters. The minimum Gasteiger partial charge on any atom is -0.508 e. The summed E-state index contributed by atoms with van der Waals surface area (Å²) >= 11 is 0. The van der Waals surface area contributed by atoms with Crippen LogP contribution >= 0.6 is 0 Å². The standard InChI is InChI=1S/C19H16N2O/c1-12-5-7-14(22)11-18(12)21-17-9-10-20-16-8-6-13-3-2-4-15(13)19(16)17/h2-3,5-11,22H,4H2,1H3,(H,20,21). The number of aromatic hydroxyl groups is 1. The van der Waals surface area contributed by atoms with Crippen LogP contribution in [0.3, 0.4) is 0 Å². The summed E-state index contributed by atoms with van der Waals surface area (Å²) < 4.78 is 0. The zero-order valence-electron chi connectivity index (χ0n) is 12.3. The number of anilines is 2. The van der Waals surface area contributed by atoms with Crippen LogP contribution in [0.5, 0.6) is 5.75 Å². The van der Waals surface area contributed by atoms with Gasteiger partial charge >= 0.3 is 0 Å². The number of fused-ring (bicyclic) bond motifs is 3. The monoisotopic (exact) mass is 288 g/mol. The van der Waals surface area contributed by atoms with E-state index in [-0.39, 0.29) is 5.75 Å². The summed E-state index contributed by atoms with van der Waals surface area (Å²) in [4.78, 5) is 4.48. The molecule has 3 nitrogen and oxygen atoms in total. The van der Waals surface area contributed by atoms with Gasteiger partial charge in [-0.2, -0.15) is 0 Å². The van der Waals surface area contributed by atoms with Gasteiger partial charge in [-0.05, 0) is 48.2 Å². The third kappa shape index (κ3) is 2.02. The van der Waals surface area contributed by atoms with Crippen molar-refractivity contribution in [3.05, 3.63) is 65.4 Å². The molecule has 22 heavy (non-hydrogen) atoms. The van der Waals surface area contributed by atoms with Crippen LogP contribution in [0.2, 0.25) is 0 Å². The van der Waals surface area contributed by atoms with E-state index < -0.39 is 0 Å². The minimum atomic E-state index is 0.262. The van der Waals surface area contributed by atoms with E-state index in [0.717, 1.165) is 34.3 Å². The highest BCUT2D eigenvalue weighted by atomic mass is 16.3. The van der Waals surface area contributed by atoms with Crippen molar-refractivity contribution in [3.8, 4) is 5.75 Å². The molecular formula is C19H16N2O. The third-order valence-electron chi connectivity index (χ3n) is 4.16. The fourth-order valence-corrected chi connectivity index (χ4v) is 3.01. The molecule has 0 radical (unpaired) electrons. The molecule has 3 heteroatoms. The Bertz CT molecular complexity index is 913. The molecule has 0 amide bonds. The fraction of sp³-hybridized carbons (Fsp3) is 0.105. The number of aromatic nitrogens is 1. The van der Waals surface area contributed by atoms with Gasteiger partial charge in [0.25, 0.3) is 0 Å². The van der Waals surface area contributed by atoms with Crippen molar-refractivity contribution in [2.75, 3.05) is 5.32 Å². The highest BCUT2D eigenvalue weighted by Crippen LogP contribution is 2.34. The molecule has 0 spiro atoms. The molecule has 0 aliphatic heterocycles. The SMILES string of the molecule is Cc1ccc(O)cc1Nc1ccnc2ccc3c(c12)CC=C3. The maximum atomic E-state index is 9.72. The largest absolute Gasteiger partial charge is 0.508 e. The molecule has 1 aliphatic rings. The summed E-state index contributed by atoms with van der Waals surface area (Å²) in [5.41, 5.74) is 6.59. The molecule has 108 valence electrons. The number of nitrogens with one attached hydrogen (secondary N) is 1. The Kier molecular flexibility index (Phi) is 2.86. The first-order valence-electron chi connectivity index (χ1n) is 7.36. The van der Waals surface area contributed by atoms with Gasteiger partial charge in [0.05, 0.1) is 5.52 Å². The third-order valence-corrected chi connectivity index (χ3v) is 4.16. The Morgan fingerprint density at radius 2 is 2.00 bits per heavy atom. The number of allylic oxidation sites excluding steroid dienone is 1. The van der Waals surface area contributed by atoms with Crippen molar-refractivity contribution in [3.63, 3.8) is 0 Å². The van der Waals surface area contributed by atoms with E-state index in [4.69, 9.17) is 0 Å². The van der Waals surface area contributed by atoms with Crippen LogP contribution in [-0.2, 0) is 6.42 Å². The highest BCUT2D eigenvalue weighted by Gasteiger charge is 2.14. The predicted octanol–water partition coefficient (Wildman–Crippen LogP) is 4.56. The van der Waals surface area contributed by atoms with E-state index >= 15 is 0 Å². The molecule has 0 fully saturated rings. The second-order valence-corrected chi connectivity index (χ2v) is 5.62. The average molecular weight is 288 g/mol. The van der Waals surface area contributed by atoms with Gasteiger partial charge in [0.2, 0.25) is 0 Å². The van der Waals surface area contributed by atoms with Crippen molar-refractivity contribution in [2.24, 2.45) is 0 Å². The van der Waals surface area contributed by atoms with E-state index in [9.17, 15) is 5.11 Å². The van der Waals surface area contributed by atoms with Crippen LogP contribution in [0, 0.1) is 6.92 Å². The van der Waals surface area contributed by atoms with Gasteiger partial charge in [0.15, 0.2) is 0 Å². The molecule has 1 heterocycles. The van der Waals surface area contributed by atoms with Crippen molar-refractivity contribution >= 4 is 28.4 Å². The number of aryl methyl sites for hydroxylation is 1. The number of nitrogens with zero attached hydrogens (tertiary/aromatic N) is 1. The summed E-state index contributed by atoms with van der Waals surface area (Å²) in [7, 11) is 0. The smallest absolute Gasteiger partial charge is 0.117 e. The maximum Gasteiger partial charge on any atom is 0.117 e. The van der Waals surface area contributed by atoms with Crippen LogP contribution < -0.4 is 5.32 Å². The molecule has 2 aromatic carbocycles. The molecule has 3 aromatic rings. The van der Waals surface area contributed by atoms with Crippen molar-refractivity contribution in [1.29, 1.82) is 0 Å². The van der Waals surface area contributed by atoms with Gasteiger partial charge in [-0.25, -0.2) is 0 Å². The van der Waals surface area contributed by atoms with Gasteiger partial charge in [-0.15, -0.1) is 0 Å². The van der Waals surface area contributed by atoms with Gasteiger partial charge in [0, 0.05) is 29.0 Å². The molecule has 0 saturated carbocycles. The number of rotatable bonds is 2. The van der Waals surface area contributed by atoms with E-state index in [0.29, 0.717) is 0 Å². The summed E-state index contributed by atoms with van der Waals surface area (Å²) in [6, 6.07) is 11.5. The second-order valence-electron chi connectivity index (χ2n) is 5.62. The predicted molar refractivity (Wildman–Crippen MR) is 90.6 cm³/mol. The first-order valence-corrected chi connectivity index (χ1v) is 7.36.